The lowest BCUT2D eigenvalue weighted by atomic mass is 10.00. The van der Waals surface area contributed by atoms with E-state index in [9.17, 15) is 0 Å². The molecular formula is C13H8ClNO. The molecule has 0 fully saturated rings. The predicted octanol–water partition coefficient (Wildman–Crippen LogP) is 3.73. The van der Waals surface area contributed by atoms with Crippen molar-refractivity contribution in [1.82, 2.24) is 0 Å². The molecule has 2 aromatic carbocycles. The van der Waals surface area contributed by atoms with Crippen molar-refractivity contribution in [2.75, 3.05) is 0 Å². The van der Waals surface area contributed by atoms with Crippen LogP contribution >= 0.6 is 11.6 Å². The second-order valence-corrected chi connectivity index (χ2v) is 3.93. The van der Waals surface area contributed by atoms with Crippen molar-refractivity contribution in [2.24, 2.45) is 5.16 Å². The first-order valence-electron chi connectivity index (χ1n) is 4.94. The monoisotopic (exact) mass is 229 g/mol. The fourth-order valence-corrected chi connectivity index (χ4v) is 2.03. The normalized spacial score (nSPS) is 12.3. The number of halogens is 1. The van der Waals surface area contributed by atoms with E-state index in [-0.39, 0.29) is 0 Å². The number of fused-ring (bicyclic) bond motifs is 3. The third-order valence-electron chi connectivity index (χ3n) is 2.56. The Morgan fingerprint density at radius 2 is 1.75 bits per heavy atom. The van der Waals surface area contributed by atoms with Gasteiger partial charge in [0.05, 0.1) is 11.2 Å². The van der Waals surface area contributed by atoms with Gasteiger partial charge < -0.3 is 4.84 Å². The predicted molar refractivity (Wildman–Crippen MR) is 65.1 cm³/mol. The van der Waals surface area contributed by atoms with Gasteiger partial charge in [-0.05, 0) is 17.7 Å². The average Bonchev–Trinajstić information content (AvgIpc) is 2.50. The fraction of sp³-hybridized carbons (Fsp3) is 0. The van der Waals surface area contributed by atoms with Gasteiger partial charge in [0.2, 0.25) is 0 Å². The zero-order chi connectivity index (χ0) is 11.0. The zero-order valence-corrected chi connectivity index (χ0v) is 9.11. The highest BCUT2D eigenvalue weighted by molar-refractivity contribution is 6.33. The molecule has 0 aliphatic carbocycles. The van der Waals surface area contributed by atoms with Crippen LogP contribution in [0.25, 0.3) is 11.1 Å². The van der Waals surface area contributed by atoms with E-state index in [0.717, 1.165) is 22.4 Å². The Labute approximate surface area is 98.1 Å². The largest absolute Gasteiger partial charge is 0.356 e. The van der Waals surface area contributed by atoms with Crippen LogP contribution < -0.4 is 4.84 Å². The highest BCUT2D eigenvalue weighted by Gasteiger charge is 2.14. The molecule has 0 aromatic heterocycles. The number of nitrogens with zero attached hydrogens (tertiary/aromatic N) is 1. The van der Waals surface area contributed by atoms with E-state index in [1.165, 1.54) is 0 Å². The molecule has 2 nitrogen and oxygen atoms in total. The SMILES string of the molecule is Clc1cccc2c1C=NOc1ccccc1-2. The van der Waals surface area contributed by atoms with Crippen LogP contribution in [0.2, 0.25) is 5.02 Å². The van der Waals surface area contributed by atoms with Crippen molar-refractivity contribution < 1.29 is 4.84 Å². The third kappa shape index (κ3) is 1.39. The van der Waals surface area contributed by atoms with Gasteiger partial charge in [0.25, 0.3) is 0 Å². The van der Waals surface area contributed by atoms with Gasteiger partial charge in [0.1, 0.15) is 0 Å². The maximum Gasteiger partial charge on any atom is 0.165 e. The molecular weight excluding hydrogens is 222 g/mol. The van der Waals surface area contributed by atoms with Gasteiger partial charge in [0.15, 0.2) is 5.75 Å². The van der Waals surface area contributed by atoms with Crippen LogP contribution in [0.3, 0.4) is 0 Å². The molecule has 1 aliphatic rings. The average molecular weight is 230 g/mol. The molecule has 16 heavy (non-hydrogen) atoms. The lowest BCUT2D eigenvalue weighted by Gasteiger charge is -2.07. The Kier molecular flexibility index (Phi) is 2.15. The Morgan fingerprint density at radius 1 is 0.938 bits per heavy atom. The van der Waals surface area contributed by atoms with Crippen LogP contribution in [0.4, 0.5) is 0 Å². The van der Waals surface area contributed by atoms with Crippen LogP contribution in [-0.4, -0.2) is 6.21 Å². The number of oxime groups is 1. The highest BCUT2D eigenvalue weighted by Crippen LogP contribution is 2.35. The van der Waals surface area contributed by atoms with Crippen molar-refractivity contribution >= 4 is 17.8 Å². The Balaban J connectivity index is 2.35. The van der Waals surface area contributed by atoms with Crippen molar-refractivity contribution in [2.45, 2.75) is 0 Å². The summed E-state index contributed by atoms with van der Waals surface area (Å²) >= 11 is 6.13. The Bertz CT molecular complexity index is 578. The minimum Gasteiger partial charge on any atom is -0.356 e. The molecule has 0 unspecified atom stereocenters. The second-order valence-electron chi connectivity index (χ2n) is 3.52. The first kappa shape index (κ1) is 9.43. The standard InChI is InChI=1S/C13H8ClNO/c14-12-6-3-5-9-10-4-1-2-7-13(10)16-15-8-11(9)12/h1-8H. The summed E-state index contributed by atoms with van der Waals surface area (Å²) in [6.07, 6.45) is 1.65. The molecule has 0 amide bonds. The van der Waals surface area contributed by atoms with E-state index >= 15 is 0 Å². The first-order chi connectivity index (χ1) is 7.86. The fourth-order valence-electron chi connectivity index (χ4n) is 1.81. The summed E-state index contributed by atoms with van der Waals surface area (Å²) in [6, 6.07) is 13.6. The molecule has 3 heteroatoms. The number of rotatable bonds is 0. The van der Waals surface area contributed by atoms with Crippen LogP contribution in [0.5, 0.6) is 5.75 Å². The summed E-state index contributed by atoms with van der Waals surface area (Å²) in [5.74, 6) is 0.750. The van der Waals surface area contributed by atoms with E-state index in [4.69, 9.17) is 16.4 Å². The van der Waals surface area contributed by atoms with Crippen molar-refractivity contribution in [3.8, 4) is 16.9 Å². The van der Waals surface area contributed by atoms with E-state index in [2.05, 4.69) is 5.16 Å². The van der Waals surface area contributed by atoms with Crippen LogP contribution in [0, 0.1) is 0 Å². The molecule has 1 heterocycles. The molecule has 0 saturated carbocycles. The van der Waals surface area contributed by atoms with Gasteiger partial charge in [0, 0.05) is 11.1 Å². The van der Waals surface area contributed by atoms with E-state index in [1.807, 2.05) is 42.5 Å². The quantitative estimate of drug-likeness (QED) is 0.675. The van der Waals surface area contributed by atoms with Gasteiger partial charge in [-0.1, -0.05) is 47.1 Å². The first-order valence-corrected chi connectivity index (χ1v) is 5.32. The van der Waals surface area contributed by atoms with Gasteiger partial charge >= 0.3 is 0 Å². The lowest BCUT2D eigenvalue weighted by molar-refractivity contribution is 0.346. The minimum absolute atomic E-state index is 0.682. The lowest BCUT2D eigenvalue weighted by Crippen LogP contribution is -1.87. The van der Waals surface area contributed by atoms with Crippen LogP contribution in [0.15, 0.2) is 47.6 Å². The molecule has 0 radical (unpaired) electrons. The van der Waals surface area contributed by atoms with E-state index in [1.54, 1.807) is 6.21 Å². The molecule has 0 spiro atoms. The van der Waals surface area contributed by atoms with Crippen molar-refractivity contribution in [1.29, 1.82) is 0 Å². The molecule has 0 saturated heterocycles. The van der Waals surface area contributed by atoms with Crippen molar-refractivity contribution in [3.63, 3.8) is 0 Å². The molecule has 0 N–H and O–H groups in total. The van der Waals surface area contributed by atoms with Crippen LogP contribution in [-0.2, 0) is 0 Å². The third-order valence-corrected chi connectivity index (χ3v) is 2.89. The van der Waals surface area contributed by atoms with Gasteiger partial charge in [-0.15, -0.1) is 0 Å². The second kappa shape index (κ2) is 3.65. The molecule has 3 rings (SSSR count). The summed E-state index contributed by atoms with van der Waals surface area (Å²) in [6.45, 7) is 0. The Morgan fingerprint density at radius 3 is 2.69 bits per heavy atom. The molecule has 78 valence electrons. The van der Waals surface area contributed by atoms with Gasteiger partial charge in [-0.2, -0.15) is 0 Å². The topological polar surface area (TPSA) is 21.6 Å². The van der Waals surface area contributed by atoms with Crippen molar-refractivity contribution in [3.05, 3.63) is 53.1 Å². The number of hydrogen-bond donors (Lipinski definition) is 0. The molecule has 1 aliphatic heterocycles. The smallest absolute Gasteiger partial charge is 0.165 e. The maximum absolute atomic E-state index is 6.13. The highest BCUT2D eigenvalue weighted by atomic mass is 35.5. The molecule has 0 atom stereocenters. The Hall–Kier alpha value is -1.80. The number of benzene rings is 2. The molecule has 2 aromatic rings. The number of para-hydroxylation sites is 1. The summed E-state index contributed by atoms with van der Waals surface area (Å²) in [5, 5.41) is 4.59. The van der Waals surface area contributed by atoms with Gasteiger partial charge in [-0.3, -0.25) is 0 Å². The summed E-state index contributed by atoms with van der Waals surface area (Å²) in [7, 11) is 0. The zero-order valence-electron chi connectivity index (χ0n) is 8.35. The summed E-state index contributed by atoms with van der Waals surface area (Å²) in [5.41, 5.74) is 2.95. The van der Waals surface area contributed by atoms with E-state index < -0.39 is 0 Å². The van der Waals surface area contributed by atoms with E-state index in [0.29, 0.717) is 5.02 Å². The minimum atomic E-state index is 0.682. The summed E-state index contributed by atoms with van der Waals surface area (Å²) < 4.78 is 0. The van der Waals surface area contributed by atoms with Crippen LogP contribution in [0.1, 0.15) is 5.56 Å². The molecule has 0 bridgehead atoms. The number of hydrogen-bond acceptors (Lipinski definition) is 2. The maximum atomic E-state index is 6.13. The van der Waals surface area contributed by atoms with Gasteiger partial charge in [-0.25, -0.2) is 0 Å². The summed E-state index contributed by atoms with van der Waals surface area (Å²) in [4.78, 5) is 5.30.